The average Bonchev–Trinajstić information content (AvgIpc) is 3.05. The van der Waals surface area contributed by atoms with Gasteiger partial charge in [-0.15, -0.1) is 0 Å². The lowest BCUT2D eigenvalue weighted by Crippen LogP contribution is -2.34. The predicted octanol–water partition coefficient (Wildman–Crippen LogP) is 3.75. The molecule has 6 nitrogen and oxygen atoms in total. The van der Waals surface area contributed by atoms with Crippen molar-refractivity contribution in [3.8, 4) is 11.6 Å². The van der Waals surface area contributed by atoms with Crippen molar-refractivity contribution in [2.75, 3.05) is 25.0 Å². The van der Waals surface area contributed by atoms with E-state index >= 15 is 0 Å². The number of ether oxygens (including phenoxy) is 2. The number of aromatic nitrogens is 1. The van der Waals surface area contributed by atoms with Gasteiger partial charge in [0.15, 0.2) is 0 Å². The van der Waals surface area contributed by atoms with Gasteiger partial charge in [0.05, 0.1) is 13.2 Å². The van der Waals surface area contributed by atoms with Crippen molar-refractivity contribution >= 4 is 11.7 Å². The fourth-order valence-electron chi connectivity index (χ4n) is 2.89. The maximum Gasteiger partial charge on any atom is 0.322 e. The molecule has 1 aromatic carbocycles. The van der Waals surface area contributed by atoms with Gasteiger partial charge in [0.2, 0.25) is 5.88 Å². The van der Waals surface area contributed by atoms with Crippen LogP contribution in [-0.4, -0.2) is 41.7 Å². The van der Waals surface area contributed by atoms with Gasteiger partial charge < -0.3 is 19.7 Å². The van der Waals surface area contributed by atoms with Gasteiger partial charge in [0, 0.05) is 37.4 Å². The van der Waals surface area contributed by atoms with Crippen molar-refractivity contribution in [2.45, 2.75) is 26.4 Å². The van der Waals surface area contributed by atoms with Crippen molar-refractivity contribution < 1.29 is 23.0 Å². The summed E-state index contributed by atoms with van der Waals surface area (Å²) >= 11 is 0. The fourth-order valence-corrected chi connectivity index (χ4v) is 2.89. The summed E-state index contributed by atoms with van der Waals surface area (Å²) in [5.41, 5.74) is 1.39. The first kappa shape index (κ1) is 18.9. The van der Waals surface area contributed by atoms with E-state index in [9.17, 15) is 13.6 Å². The number of pyridine rings is 1. The smallest absolute Gasteiger partial charge is 0.322 e. The lowest BCUT2D eigenvalue weighted by Gasteiger charge is -2.19. The van der Waals surface area contributed by atoms with Crippen molar-refractivity contribution in [3.05, 3.63) is 47.7 Å². The summed E-state index contributed by atoms with van der Waals surface area (Å²) in [5, 5.41) is 2.80. The van der Waals surface area contributed by atoms with Crippen LogP contribution in [0.2, 0.25) is 0 Å². The predicted molar refractivity (Wildman–Crippen MR) is 96.1 cm³/mol. The fraction of sp³-hybridized carbons (Fsp3) is 0.368. The average molecular weight is 377 g/mol. The van der Waals surface area contributed by atoms with Gasteiger partial charge >= 0.3 is 6.03 Å². The number of anilines is 1. The summed E-state index contributed by atoms with van der Waals surface area (Å²) in [6.07, 6.45) is 1.90. The maximum atomic E-state index is 13.3. The van der Waals surface area contributed by atoms with Crippen molar-refractivity contribution in [1.29, 1.82) is 0 Å². The van der Waals surface area contributed by atoms with Crippen LogP contribution >= 0.6 is 0 Å². The van der Waals surface area contributed by atoms with Gasteiger partial charge in [0.1, 0.15) is 29.2 Å². The second-order valence-electron chi connectivity index (χ2n) is 6.31. The molecule has 1 saturated heterocycles. The van der Waals surface area contributed by atoms with E-state index in [0.29, 0.717) is 37.7 Å². The molecule has 8 heteroatoms. The minimum atomic E-state index is -0.701. The third-order valence-corrected chi connectivity index (χ3v) is 4.08. The van der Waals surface area contributed by atoms with E-state index in [0.717, 1.165) is 23.8 Å². The molecule has 1 N–H and O–H groups in total. The number of amides is 2. The molecular weight excluding hydrogens is 356 g/mol. The molecule has 2 heterocycles. The molecule has 3 rings (SSSR count). The summed E-state index contributed by atoms with van der Waals surface area (Å²) in [7, 11) is 0. The van der Waals surface area contributed by atoms with Crippen molar-refractivity contribution in [2.24, 2.45) is 0 Å². The highest BCUT2D eigenvalue weighted by atomic mass is 19.1. The van der Waals surface area contributed by atoms with E-state index in [-0.39, 0.29) is 17.9 Å². The maximum absolute atomic E-state index is 13.3. The number of aryl methyl sites for hydroxylation is 1. The van der Waals surface area contributed by atoms with Crippen LogP contribution in [0.3, 0.4) is 0 Å². The lowest BCUT2D eigenvalue weighted by atomic mass is 10.3. The van der Waals surface area contributed by atoms with Crippen LogP contribution in [-0.2, 0) is 0 Å². The quantitative estimate of drug-likeness (QED) is 0.862. The second kappa shape index (κ2) is 8.20. The Kier molecular flexibility index (Phi) is 5.73. The Bertz CT molecular complexity index is 812. The molecule has 1 aliphatic rings. The molecule has 0 bridgehead atoms. The van der Waals surface area contributed by atoms with Crippen LogP contribution in [0.15, 0.2) is 30.5 Å². The van der Waals surface area contributed by atoms with E-state index in [2.05, 4.69) is 10.3 Å². The first-order valence-electron chi connectivity index (χ1n) is 8.72. The second-order valence-corrected chi connectivity index (χ2v) is 6.31. The number of nitrogens with zero attached hydrogens (tertiary/aromatic N) is 2. The van der Waals surface area contributed by atoms with E-state index in [1.807, 2.05) is 13.8 Å². The van der Waals surface area contributed by atoms with Crippen molar-refractivity contribution in [3.63, 3.8) is 0 Å². The van der Waals surface area contributed by atoms with Gasteiger partial charge in [-0.25, -0.2) is 18.6 Å². The minimum Gasteiger partial charge on any atom is -0.488 e. The molecule has 1 unspecified atom stereocenters. The molecule has 0 spiro atoms. The number of rotatable bonds is 5. The van der Waals surface area contributed by atoms with Crippen molar-refractivity contribution in [1.82, 2.24) is 9.88 Å². The van der Waals surface area contributed by atoms with E-state index in [1.54, 1.807) is 17.2 Å². The van der Waals surface area contributed by atoms with Gasteiger partial charge in [-0.1, -0.05) is 0 Å². The number of carbonyl (C=O) groups is 1. The highest BCUT2D eigenvalue weighted by Gasteiger charge is 2.28. The van der Waals surface area contributed by atoms with Crippen LogP contribution in [0.5, 0.6) is 11.6 Å². The molecule has 1 aliphatic heterocycles. The summed E-state index contributed by atoms with van der Waals surface area (Å²) < 4.78 is 37.6. The first-order valence-corrected chi connectivity index (χ1v) is 8.72. The molecule has 27 heavy (non-hydrogen) atoms. The number of carbonyl (C=O) groups excluding carboxylic acids is 1. The molecule has 1 atom stereocenters. The van der Waals surface area contributed by atoms with Crippen LogP contribution in [0.4, 0.5) is 19.3 Å². The third-order valence-electron chi connectivity index (χ3n) is 4.08. The molecule has 0 aliphatic carbocycles. The Morgan fingerprint density at radius 3 is 2.74 bits per heavy atom. The monoisotopic (exact) mass is 377 g/mol. The van der Waals surface area contributed by atoms with Gasteiger partial charge in [-0.2, -0.15) is 0 Å². The molecule has 1 aromatic heterocycles. The zero-order valence-corrected chi connectivity index (χ0v) is 15.2. The summed E-state index contributed by atoms with van der Waals surface area (Å²) in [5.74, 6) is -0.930. The summed E-state index contributed by atoms with van der Waals surface area (Å²) in [6, 6.07) is 4.51. The number of hydrogen-bond donors (Lipinski definition) is 1. The highest BCUT2D eigenvalue weighted by Crippen LogP contribution is 2.25. The molecular formula is C19H21F2N3O3. The zero-order valence-electron chi connectivity index (χ0n) is 15.2. The number of likely N-dealkylation sites (tertiary alicyclic amines) is 1. The van der Waals surface area contributed by atoms with Crippen LogP contribution in [0.25, 0.3) is 0 Å². The van der Waals surface area contributed by atoms with E-state index in [1.165, 1.54) is 0 Å². The Morgan fingerprint density at radius 2 is 2.04 bits per heavy atom. The van der Waals surface area contributed by atoms with Gasteiger partial charge in [-0.3, -0.25) is 0 Å². The Morgan fingerprint density at radius 1 is 1.30 bits per heavy atom. The zero-order chi connectivity index (χ0) is 19.4. The molecule has 2 amide bonds. The normalized spacial score (nSPS) is 16.3. The number of halogens is 2. The van der Waals surface area contributed by atoms with Crippen LogP contribution in [0.1, 0.15) is 18.9 Å². The Labute approximate surface area is 156 Å². The Balaban J connectivity index is 1.62. The number of urea groups is 1. The minimum absolute atomic E-state index is 0.112. The third kappa shape index (κ3) is 4.84. The molecule has 144 valence electrons. The van der Waals surface area contributed by atoms with Gasteiger partial charge in [0.25, 0.3) is 0 Å². The van der Waals surface area contributed by atoms with Crippen LogP contribution in [0, 0.1) is 18.6 Å². The lowest BCUT2D eigenvalue weighted by molar-refractivity contribution is 0.194. The van der Waals surface area contributed by atoms with Gasteiger partial charge in [-0.05, 0) is 25.5 Å². The molecule has 1 fully saturated rings. The largest absolute Gasteiger partial charge is 0.488 e. The van der Waals surface area contributed by atoms with E-state index < -0.39 is 11.6 Å². The highest BCUT2D eigenvalue weighted by molar-refractivity contribution is 5.90. The standard InChI is InChI=1S/C19H21F2N3O3/c1-3-26-18-17(6-12(2)10-22-18)23-19(25)24-5-4-15(11-24)27-16-8-13(20)7-14(21)9-16/h6-10,15H,3-5,11H2,1-2H3,(H,23,25). The first-order chi connectivity index (χ1) is 12.9. The topological polar surface area (TPSA) is 63.7 Å². The molecule has 2 aromatic rings. The Hall–Kier alpha value is -2.90. The molecule has 0 radical (unpaired) electrons. The summed E-state index contributed by atoms with van der Waals surface area (Å²) in [6.45, 7) is 4.93. The number of nitrogens with one attached hydrogen (secondary N) is 1. The number of hydrogen-bond acceptors (Lipinski definition) is 4. The number of benzene rings is 1. The van der Waals surface area contributed by atoms with E-state index in [4.69, 9.17) is 9.47 Å². The van der Waals surface area contributed by atoms with Crippen LogP contribution < -0.4 is 14.8 Å². The molecule has 0 saturated carbocycles. The SMILES string of the molecule is CCOc1ncc(C)cc1NC(=O)N1CCC(Oc2cc(F)cc(F)c2)C1. The summed E-state index contributed by atoms with van der Waals surface area (Å²) in [4.78, 5) is 18.3.